The number of anilines is 1. The number of allylic oxidation sites excluding steroid dienone is 2. The summed E-state index contributed by atoms with van der Waals surface area (Å²) in [6.07, 6.45) is 16.3. The maximum absolute atomic E-state index is 14.1. The monoisotopic (exact) mass is 673 g/mol. The lowest BCUT2D eigenvalue weighted by molar-refractivity contribution is 0.187. The zero-order chi connectivity index (χ0) is 32.7. The van der Waals surface area contributed by atoms with Crippen LogP contribution in [0.1, 0.15) is 70.6 Å². The molecule has 9 nitrogen and oxygen atoms in total. The van der Waals surface area contributed by atoms with Crippen molar-refractivity contribution in [2.24, 2.45) is 5.92 Å². The SMILES string of the molecule is C=C1CN(S(=O)(=O)c2ccc(N(C)C)cc2)CCCN(CC2CCCCC2)CCCN(S(=O)(=O)N2CC=C(C3=CCCC3)CC2)C1. The van der Waals surface area contributed by atoms with Crippen LogP contribution < -0.4 is 4.90 Å². The Balaban J connectivity index is 1.36. The van der Waals surface area contributed by atoms with E-state index < -0.39 is 20.2 Å². The summed E-state index contributed by atoms with van der Waals surface area (Å²) >= 11 is 0. The van der Waals surface area contributed by atoms with Crippen molar-refractivity contribution in [2.45, 2.75) is 75.5 Å². The Morgan fingerprint density at radius 2 is 1.39 bits per heavy atom. The number of benzene rings is 1. The number of hydrogen-bond acceptors (Lipinski definition) is 6. The largest absolute Gasteiger partial charge is 0.378 e. The van der Waals surface area contributed by atoms with E-state index in [1.807, 2.05) is 31.1 Å². The summed E-state index contributed by atoms with van der Waals surface area (Å²) in [4.78, 5) is 4.64. The molecule has 0 N–H and O–H groups in total. The summed E-state index contributed by atoms with van der Waals surface area (Å²) in [6.45, 7) is 8.59. The normalized spacial score (nSPS) is 23.4. The summed E-state index contributed by atoms with van der Waals surface area (Å²) in [7, 11) is -3.73. The van der Waals surface area contributed by atoms with Crippen LogP contribution in [0.15, 0.2) is 64.6 Å². The topological polar surface area (TPSA) is 84.5 Å². The quantitative estimate of drug-likeness (QED) is 0.350. The van der Waals surface area contributed by atoms with Crippen molar-refractivity contribution in [2.75, 3.05) is 77.9 Å². The maximum atomic E-state index is 14.1. The molecule has 0 bridgehead atoms. The molecule has 0 amide bonds. The van der Waals surface area contributed by atoms with Gasteiger partial charge in [-0.2, -0.15) is 21.3 Å². The number of sulfonamides is 1. The van der Waals surface area contributed by atoms with E-state index >= 15 is 0 Å². The maximum Gasteiger partial charge on any atom is 0.282 e. The van der Waals surface area contributed by atoms with Gasteiger partial charge in [0.1, 0.15) is 0 Å². The lowest BCUT2D eigenvalue weighted by Crippen LogP contribution is -2.48. The van der Waals surface area contributed by atoms with Gasteiger partial charge >= 0.3 is 0 Å². The zero-order valence-electron chi connectivity index (χ0n) is 28.1. The van der Waals surface area contributed by atoms with Crippen LogP contribution in [0.25, 0.3) is 0 Å². The highest BCUT2D eigenvalue weighted by Gasteiger charge is 2.33. The van der Waals surface area contributed by atoms with Crippen LogP contribution in [0.2, 0.25) is 0 Å². The summed E-state index contributed by atoms with van der Waals surface area (Å²) in [5.41, 5.74) is 4.18. The van der Waals surface area contributed by atoms with E-state index in [4.69, 9.17) is 0 Å². The first-order chi connectivity index (χ1) is 22.0. The average Bonchev–Trinajstić information content (AvgIpc) is 3.59. The van der Waals surface area contributed by atoms with Gasteiger partial charge in [0.05, 0.1) is 4.90 Å². The second kappa shape index (κ2) is 15.9. The Hall–Kier alpha value is -2.02. The van der Waals surface area contributed by atoms with Crippen molar-refractivity contribution >= 4 is 25.9 Å². The van der Waals surface area contributed by atoms with Crippen molar-refractivity contribution in [1.29, 1.82) is 0 Å². The molecule has 2 fully saturated rings. The van der Waals surface area contributed by atoms with Gasteiger partial charge in [0, 0.05) is 65.6 Å². The molecule has 46 heavy (non-hydrogen) atoms. The van der Waals surface area contributed by atoms with Crippen LogP contribution in [-0.2, 0) is 20.2 Å². The molecule has 5 rings (SSSR count). The molecule has 0 unspecified atom stereocenters. The first-order valence-corrected chi connectivity index (χ1v) is 20.2. The van der Waals surface area contributed by atoms with E-state index in [-0.39, 0.29) is 18.0 Å². The Morgan fingerprint density at radius 3 is 2.00 bits per heavy atom. The van der Waals surface area contributed by atoms with Crippen LogP contribution in [-0.4, -0.2) is 108 Å². The lowest BCUT2D eigenvalue weighted by atomic mass is 9.89. The molecule has 0 radical (unpaired) electrons. The van der Waals surface area contributed by atoms with Crippen LogP contribution >= 0.6 is 0 Å². The molecule has 0 aromatic heterocycles. The first kappa shape index (κ1) is 35.3. The third kappa shape index (κ3) is 8.90. The smallest absolute Gasteiger partial charge is 0.282 e. The Kier molecular flexibility index (Phi) is 12.2. The Morgan fingerprint density at radius 1 is 0.739 bits per heavy atom. The van der Waals surface area contributed by atoms with E-state index in [2.05, 4.69) is 23.6 Å². The predicted octanol–water partition coefficient (Wildman–Crippen LogP) is 5.26. The average molecular weight is 674 g/mol. The molecule has 0 atom stereocenters. The van der Waals surface area contributed by atoms with Gasteiger partial charge in [-0.25, -0.2) is 8.42 Å². The minimum atomic E-state index is -3.81. The molecule has 256 valence electrons. The van der Waals surface area contributed by atoms with Gasteiger partial charge < -0.3 is 9.80 Å². The standard InChI is InChI=1S/C35H55N5O4S2/c1-30-27-39(45(41,42)35-17-15-34(16-18-35)36(2)3)23-9-21-37(29-31-11-5-4-6-12-31)22-10-24-40(28-30)46(43,44)38-25-19-33(20-26-38)32-13-7-8-14-32/h13,15-19,31H,1,4-12,14,20-29H2,2-3H3. The molecule has 1 saturated heterocycles. The van der Waals surface area contributed by atoms with Crippen LogP contribution in [0, 0.1) is 5.92 Å². The van der Waals surface area contributed by atoms with Crippen molar-refractivity contribution in [3.05, 3.63) is 59.7 Å². The molecule has 1 saturated carbocycles. The number of rotatable bonds is 8. The van der Waals surface area contributed by atoms with Crippen molar-refractivity contribution in [3.8, 4) is 0 Å². The number of nitrogens with zero attached hydrogens (tertiary/aromatic N) is 5. The Bertz CT molecular complexity index is 1460. The third-order valence-corrected chi connectivity index (χ3v) is 13.9. The first-order valence-electron chi connectivity index (χ1n) is 17.3. The van der Waals surface area contributed by atoms with Gasteiger partial charge in [0.25, 0.3) is 10.2 Å². The van der Waals surface area contributed by atoms with Gasteiger partial charge in [-0.15, -0.1) is 0 Å². The molecule has 4 aliphatic rings. The van der Waals surface area contributed by atoms with Crippen LogP contribution in [0.5, 0.6) is 0 Å². The molecule has 2 aliphatic carbocycles. The van der Waals surface area contributed by atoms with Gasteiger partial charge in [0.2, 0.25) is 10.0 Å². The third-order valence-electron chi connectivity index (χ3n) is 10.1. The fraction of sp³-hybridized carbons (Fsp3) is 0.657. The fourth-order valence-corrected chi connectivity index (χ4v) is 10.5. The van der Waals surface area contributed by atoms with E-state index in [0.29, 0.717) is 37.7 Å². The summed E-state index contributed by atoms with van der Waals surface area (Å²) < 4.78 is 60.9. The van der Waals surface area contributed by atoms with E-state index in [9.17, 15) is 16.8 Å². The highest BCUT2D eigenvalue weighted by Crippen LogP contribution is 2.30. The van der Waals surface area contributed by atoms with Crippen molar-refractivity contribution < 1.29 is 16.8 Å². The minimum absolute atomic E-state index is 0.0879. The van der Waals surface area contributed by atoms with Gasteiger partial charge in [0.15, 0.2) is 0 Å². The molecule has 2 aliphatic heterocycles. The lowest BCUT2D eigenvalue weighted by Gasteiger charge is -2.35. The van der Waals surface area contributed by atoms with Crippen LogP contribution in [0.3, 0.4) is 0 Å². The van der Waals surface area contributed by atoms with E-state index in [1.165, 1.54) is 54.0 Å². The molecule has 0 spiro atoms. The predicted molar refractivity (Wildman–Crippen MR) is 188 cm³/mol. The second-order valence-corrected chi connectivity index (χ2v) is 17.7. The van der Waals surface area contributed by atoms with Crippen molar-refractivity contribution in [3.63, 3.8) is 0 Å². The molecule has 1 aromatic carbocycles. The van der Waals surface area contributed by atoms with Gasteiger partial charge in [-0.3, -0.25) is 0 Å². The van der Waals surface area contributed by atoms with E-state index in [0.717, 1.165) is 57.4 Å². The molecular weight excluding hydrogens is 619 g/mol. The van der Waals surface area contributed by atoms with Crippen LogP contribution in [0.4, 0.5) is 5.69 Å². The zero-order valence-corrected chi connectivity index (χ0v) is 29.7. The highest BCUT2D eigenvalue weighted by atomic mass is 32.2. The fourth-order valence-electron chi connectivity index (χ4n) is 7.42. The molecule has 1 aromatic rings. The highest BCUT2D eigenvalue weighted by molar-refractivity contribution is 7.89. The summed E-state index contributed by atoms with van der Waals surface area (Å²) in [5, 5.41) is 0. The van der Waals surface area contributed by atoms with E-state index in [1.54, 1.807) is 20.7 Å². The molecule has 11 heteroatoms. The number of hydrogen-bond donors (Lipinski definition) is 0. The van der Waals surface area contributed by atoms with Crippen molar-refractivity contribution in [1.82, 2.24) is 17.8 Å². The second-order valence-electron chi connectivity index (χ2n) is 13.8. The molecule has 2 heterocycles. The van der Waals surface area contributed by atoms with Gasteiger partial charge in [-0.1, -0.05) is 38.0 Å². The summed E-state index contributed by atoms with van der Waals surface area (Å²) in [5.74, 6) is 0.653. The summed E-state index contributed by atoms with van der Waals surface area (Å²) in [6, 6.07) is 6.96. The molecular formula is C35H55N5O4S2. The Labute approximate surface area is 278 Å². The van der Waals surface area contributed by atoms with Gasteiger partial charge in [-0.05, 0) is 111 Å². The minimum Gasteiger partial charge on any atom is -0.378 e.